The summed E-state index contributed by atoms with van der Waals surface area (Å²) in [4.78, 5) is 0. The van der Waals surface area contributed by atoms with Crippen LogP contribution in [-0.2, 0) is 6.18 Å². The molecule has 0 bridgehead atoms. The van der Waals surface area contributed by atoms with Gasteiger partial charge in [0.25, 0.3) is 0 Å². The predicted octanol–water partition coefficient (Wildman–Crippen LogP) is 3.25. The highest BCUT2D eigenvalue weighted by atomic mass is 19.4. The van der Waals surface area contributed by atoms with Crippen LogP contribution in [0.25, 0.3) is 0 Å². The van der Waals surface area contributed by atoms with Gasteiger partial charge in [-0.25, -0.2) is 4.39 Å². The summed E-state index contributed by atoms with van der Waals surface area (Å²) in [7, 11) is 0. The van der Waals surface area contributed by atoms with E-state index < -0.39 is 29.7 Å². The van der Waals surface area contributed by atoms with E-state index >= 15 is 0 Å². The minimum atomic E-state index is -4.73. The van der Waals surface area contributed by atoms with E-state index in [2.05, 4.69) is 0 Å². The zero-order chi connectivity index (χ0) is 14.8. The van der Waals surface area contributed by atoms with Gasteiger partial charge in [-0.05, 0) is 23.6 Å². The molecule has 0 aliphatic heterocycles. The van der Waals surface area contributed by atoms with Gasteiger partial charge in [-0.15, -0.1) is 0 Å². The van der Waals surface area contributed by atoms with Crippen molar-refractivity contribution in [2.75, 3.05) is 0 Å². The summed E-state index contributed by atoms with van der Waals surface area (Å²) in [6, 6.07) is 1.57. The van der Waals surface area contributed by atoms with Crippen molar-refractivity contribution in [1.82, 2.24) is 0 Å². The Morgan fingerprint density at radius 3 is 2.32 bits per heavy atom. The van der Waals surface area contributed by atoms with Crippen LogP contribution in [0.5, 0.6) is 0 Å². The average Bonchev–Trinajstić information content (AvgIpc) is 2.34. The fraction of sp³-hybridized carbons (Fsp3) is 0.538. The maximum Gasteiger partial charge on any atom is 0.419 e. The molecular weight excluding hydrogens is 262 g/mol. The van der Waals surface area contributed by atoms with Crippen LogP contribution in [-0.4, -0.2) is 11.2 Å². The lowest BCUT2D eigenvalue weighted by molar-refractivity contribution is -0.140. The normalized spacial score (nSPS) is 17.1. The molecule has 1 unspecified atom stereocenters. The van der Waals surface area contributed by atoms with Gasteiger partial charge in [-0.3, -0.25) is 0 Å². The molecule has 1 rings (SSSR count). The van der Waals surface area contributed by atoms with Crippen LogP contribution in [0.1, 0.15) is 37.4 Å². The average molecular weight is 279 g/mol. The lowest BCUT2D eigenvalue weighted by atomic mass is 9.91. The van der Waals surface area contributed by atoms with Crippen LogP contribution >= 0.6 is 0 Å². The number of benzene rings is 1. The Morgan fingerprint density at radius 2 is 1.89 bits per heavy atom. The van der Waals surface area contributed by atoms with E-state index in [1.807, 2.05) is 6.92 Å². The molecule has 3 N–H and O–H groups in total. The van der Waals surface area contributed by atoms with Gasteiger partial charge in [0.15, 0.2) is 0 Å². The standard InChI is InChI=1S/C13H17F4NO/c1-3-7(2)12(19)11(18)8-4-5-9(10(14)6-8)13(15,16)17/h4-7,11-12,19H,3,18H2,1-2H3/t7?,11-,12+/m1/s1. The lowest BCUT2D eigenvalue weighted by Gasteiger charge is -2.24. The fourth-order valence-corrected chi connectivity index (χ4v) is 1.76. The van der Waals surface area contributed by atoms with Crippen LogP contribution < -0.4 is 5.73 Å². The highest BCUT2D eigenvalue weighted by Crippen LogP contribution is 2.33. The van der Waals surface area contributed by atoms with Gasteiger partial charge in [0, 0.05) is 0 Å². The molecule has 1 aromatic rings. The summed E-state index contributed by atoms with van der Waals surface area (Å²) in [5.74, 6) is -1.50. The van der Waals surface area contributed by atoms with Crippen LogP contribution in [0.3, 0.4) is 0 Å². The molecule has 0 saturated heterocycles. The topological polar surface area (TPSA) is 46.2 Å². The van der Waals surface area contributed by atoms with E-state index in [0.29, 0.717) is 12.5 Å². The molecule has 1 aromatic carbocycles. The second-order valence-corrected chi connectivity index (χ2v) is 4.64. The number of hydrogen-bond acceptors (Lipinski definition) is 2. The Hall–Kier alpha value is -1.14. The highest BCUT2D eigenvalue weighted by Gasteiger charge is 2.34. The second kappa shape index (κ2) is 5.88. The van der Waals surface area contributed by atoms with Crippen LogP contribution in [0.2, 0.25) is 0 Å². The Morgan fingerprint density at radius 1 is 1.32 bits per heavy atom. The molecule has 108 valence electrons. The molecule has 3 atom stereocenters. The first-order valence-corrected chi connectivity index (χ1v) is 5.98. The molecule has 0 amide bonds. The van der Waals surface area contributed by atoms with Gasteiger partial charge in [-0.1, -0.05) is 26.3 Å². The number of alkyl halides is 3. The molecule has 2 nitrogen and oxygen atoms in total. The summed E-state index contributed by atoms with van der Waals surface area (Å²) in [6.07, 6.45) is -5.00. The second-order valence-electron chi connectivity index (χ2n) is 4.64. The summed E-state index contributed by atoms with van der Waals surface area (Å²) in [6.45, 7) is 3.62. The van der Waals surface area contributed by atoms with Crippen molar-refractivity contribution in [3.63, 3.8) is 0 Å². The van der Waals surface area contributed by atoms with E-state index in [0.717, 1.165) is 12.1 Å². The molecule has 0 fully saturated rings. The summed E-state index contributed by atoms with van der Waals surface area (Å²) in [5, 5.41) is 9.89. The lowest BCUT2D eigenvalue weighted by Crippen LogP contribution is -2.31. The van der Waals surface area contributed by atoms with E-state index in [4.69, 9.17) is 5.73 Å². The van der Waals surface area contributed by atoms with Crippen molar-refractivity contribution < 1.29 is 22.7 Å². The van der Waals surface area contributed by atoms with Gasteiger partial charge in [0.1, 0.15) is 5.82 Å². The zero-order valence-corrected chi connectivity index (χ0v) is 10.7. The van der Waals surface area contributed by atoms with E-state index in [9.17, 15) is 22.7 Å². The third kappa shape index (κ3) is 3.67. The monoisotopic (exact) mass is 279 g/mol. The quantitative estimate of drug-likeness (QED) is 0.831. The first-order valence-electron chi connectivity index (χ1n) is 5.98. The third-order valence-corrected chi connectivity index (χ3v) is 3.28. The summed E-state index contributed by atoms with van der Waals surface area (Å²) < 4.78 is 50.6. The number of aliphatic hydroxyl groups excluding tert-OH is 1. The molecule has 0 aromatic heterocycles. The molecule has 0 aliphatic rings. The zero-order valence-electron chi connectivity index (χ0n) is 10.7. The maximum absolute atomic E-state index is 13.4. The van der Waals surface area contributed by atoms with Gasteiger partial charge >= 0.3 is 6.18 Å². The first kappa shape index (κ1) is 15.9. The van der Waals surface area contributed by atoms with Crippen LogP contribution in [0, 0.1) is 11.7 Å². The van der Waals surface area contributed by atoms with Crippen molar-refractivity contribution in [3.8, 4) is 0 Å². The third-order valence-electron chi connectivity index (χ3n) is 3.28. The Kier molecular flexibility index (Phi) is 4.92. The summed E-state index contributed by atoms with van der Waals surface area (Å²) in [5.41, 5.74) is 4.56. The molecule has 0 aliphatic carbocycles. The maximum atomic E-state index is 13.4. The van der Waals surface area contributed by atoms with Crippen molar-refractivity contribution in [2.24, 2.45) is 11.7 Å². The number of rotatable bonds is 4. The largest absolute Gasteiger partial charge is 0.419 e. The smallest absolute Gasteiger partial charge is 0.391 e. The molecule has 6 heteroatoms. The van der Waals surface area contributed by atoms with Crippen molar-refractivity contribution >= 4 is 0 Å². The number of nitrogens with two attached hydrogens (primary N) is 1. The van der Waals surface area contributed by atoms with E-state index in [1.54, 1.807) is 6.92 Å². The Balaban J connectivity index is 3.01. The van der Waals surface area contributed by atoms with E-state index in [1.165, 1.54) is 0 Å². The molecule has 0 heterocycles. The van der Waals surface area contributed by atoms with Crippen LogP contribution in [0.4, 0.5) is 17.6 Å². The summed E-state index contributed by atoms with van der Waals surface area (Å²) >= 11 is 0. The highest BCUT2D eigenvalue weighted by molar-refractivity contribution is 5.29. The molecular formula is C13H17F4NO. The number of halogens is 4. The minimum absolute atomic E-state index is 0.125. The number of hydrogen-bond donors (Lipinski definition) is 2. The molecule has 0 radical (unpaired) electrons. The van der Waals surface area contributed by atoms with E-state index in [-0.39, 0.29) is 11.5 Å². The van der Waals surface area contributed by atoms with Gasteiger partial charge < -0.3 is 10.8 Å². The van der Waals surface area contributed by atoms with Crippen LogP contribution in [0.15, 0.2) is 18.2 Å². The number of aliphatic hydroxyl groups is 1. The minimum Gasteiger partial charge on any atom is -0.391 e. The van der Waals surface area contributed by atoms with Crippen molar-refractivity contribution in [2.45, 2.75) is 38.6 Å². The predicted molar refractivity (Wildman–Crippen MR) is 63.8 cm³/mol. The van der Waals surface area contributed by atoms with Gasteiger partial charge in [0.2, 0.25) is 0 Å². The Bertz CT molecular complexity index is 433. The van der Waals surface area contributed by atoms with Crippen molar-refractivity contribution in [3.05, 3.63) is 35.1 Å². The Labute approximate surface area is 109 Å². The van der Waals surface area contributed by atoms with Gasteiger partial charge in [0.05, 0.1) is 17.7 Å². The van der Waals surface area contributed by atoms with Crippen molar-refractivity contribution in [1.29, 1.82) is 0 Å². The fourth-order valence-electron chi connectivity index (χ4n) is 1.76. The molecule has 0 spiro atoms. The SMILES string of the molecule is CCC(C)[C@H](O)[C@H](N)c1ccc(C(F)(F)F)c(F)c1. The van der Waals surface area contributed by atoms with Gasteiger partial charge in [-0.2, -0.15) is 13.2 Å². The first-order chi connectivity index (χ1) is 8.68. The molecule has 0 saturated carbocycles. The molecule has 19 heavy (non-hydrogen) atoms.